The summed E-state index contributed by atoms with van der Waals surface area (Å²) in [6.45, 7) is 5.03. The number of anilines is 1. The van der Waals surface area contributed by atoms with Gasteiger partial charge in [-0.1, -0.05) is 11.6 Å². The second-order valence-corrected chi connectivity index (χ2v) is 5.63. The number of nitro groups is 1. The minimum atomic E-state index is -0.471. The summed E-state index contributed by atoms with van der Waals surface area (Å²) >= 11 is 5.97. The Bertz CT molecular complexity index is 552. The van der Waals surface area contributed by atoms with E-state index in [0.29, 0.717) is 0 Å². The molecule has 0 atom stereocenters. The fraction of sp³-hybridized carbons (Fsp3) is 0.500. The second kappa shape index (κ2) is 5.79. The molecule has 6 heteroatoms. The van der Waals surface area contributed by atoms with Crippen LogP contribution in [-0.2, 0) is 4.79 Å². The highest BCUT2D eigenvalue weighted by Gasteiger charge is 2.25. The second-order valence-electron chi connectivity index (χ2n) is 5.22. The molecule has 108 valence electrons. The van der Waals surface area contributed by atoms with Crippen LogP contribution in [0.4, 0.5) is 11.4 Å². The summed E-state index contributed by atoms with van der Waals surface area (Å²) in [5, 5.41) is 11.0. The molecule has 1 fully saturated rings. The summed E-state index contributed by atoms with van der Waals surface area (Å²) in [7, 11) is 0. The van der Waals surface area contributed by atoms with Gasteiger partial charge in [0.05, 0.1) is 4.92 Å². The third-order valence-electron chi connectivity index (χ3n) is 3.87. The van der Waals surface area contributed by atoms with Gasteiger partial charge in [-0.15, -0.1) is 0 Å². The number of aryl methyl sites for hydroxylation is 1. The smallest absolute Gasteiger partial charge is 0.288 e. The van der Waals surface area contributed by atoms with Crippen LogP contribution in [0.15, 0.2) is 12.1 Å². The van der Waals surface area contributed by atoms with Gasteiger partial charge in [0.25, 0.3) is 5.69 Å². The van der Waals surface area contributed by atoms with Gasteiger partial charge in [-0.2, -0.15) is 0 Å². The molecular weight excluding hydrogens is 280 g/mol. The lowest BCUT2D eigenvalue weighted by Gasteiger charge is -2.33. The molecule has 0 aromatic heterocycles. The molecule has 1 aliphatic heterocycles. The van der Waals surface area contributed by atoms with Crippen molar-refractivity contribution in [2.75, 3.05) is 18.0 Å². The summed E-state index contributed by atoms with van der Waals surface area (Å²) in [4.78, 5) is 23.9. The lowest BCUT2D eigenvalue weighted by molar-refractivity contribution is -0.384. The van der Waals surface area contributed by atoms with Gasteiger partial charge in [-0.3, -0.25) is 14.9 Å². The van der Waals surface area contributed by atoms with Crippen molar-refractivity contribution in [3.8, 4) is 0 Å². The van der Waals surface area contributed by atoms with Crippen LogP contribution in [0.1, 0.15) is 25.3 Å². The highest BCUT2D eigenvalue weighted by Crippen LogP contribution is 2.34. The fourth-order valence-corrected chi connectivity index (χ4v) is 2.89. The van der Waals surface area contributed by atoms with E-state index in [4.69, 9.17) is 11.6 Å². The van der Waals surface area contributed by atoms with Crippen molar-refractivity contribution in [2.45, 2.75) is 26.7 Å². The van der Waals surface area contributed by atoms with E-state index >= 15 is 0 Å². The van der Waals surface area contributed by atoms with Gasteiger partial charge in [-0.05, 0) is 38.3 Å². The summed E-state index contributed by atoms with van der Waals surface area (Å²) in [5.41, 5.74) is 1.69. The first kappa shape index (κ1) is 14.8. The minimum absolute atomic E-state index is 0.0634. The Labute approximate surface area is 122 Å². The lowest BCUT2D eigenvalue weighted by atomic mass is 9.93. The van der Waals surface area contributed by atoms with E-state index in [2.05, 4.69) is 4.90 Å². The Morgan fingerprint density at radius 1 is 1.40 bits per heavy atom. The van der Waals surface area contributed by atoms with Gasteiger partial charge in [-0.25, -0.2) is 0 Å². The Morgan fingerprint density at radius 2 is 2.00 bits per heavy atom. The van der Waals surface area contributed by atoms with Crippen LogP contribution >= 0.6 is 11.6 Å². The van der Waals surface area contributed by atoms with Gasteiger partial charge in [0.15, 0.2) is 0 Å². The standard InChI is InChI=1S/C14H17ClN2O3/c1-9-7-14(17(19)20)12(15)8-13(9)16-5-3-11(4-6-16)10(2)18/h7-8,11H,3-6H2,1-2H3. The summed E-state index contributed by atoms with van der Waals surface area (Å²) in [5.74, 6) is 0.378. The number of carbonyl (C=O) groups excluding carboxylic acids is 1. The molecule has 1 aromatic rings. The highest BCUT2D eigenvalue weighted by atomic mass is 35.5. The summed E-state index contributed by atoms with van der Waals surface area (Å²) < 4.78 is 0. The number of hydrogen-bond donors (Lipinski definition) is 0. The number of Topliss-reactive ketones (excluding diaryl/α,β-unsaturated/α-hetero) is 1. The molecular formula is C14H17ClN2O3. The van der Waals surface area contributed by atoms with Crippen molar-refractivity contribution < 1.29 is 9.72 Å². The summed E-state index contributed by atoms with van der Waals surface area (Å²) in [6.07, 6.45) is 1.65. The van der Waals surface area contributed by atoms with E-state index in [1.807, 2.05) is 6.92 Å². The van der Waals surface area contributed by atoms with Gasteiger partial charge in [0.1, 0.15) is 10.8 Å². The molecule has 0 saturated carbocycles. The molecule has 0 bridgehead atoms. The highest BCUT2D eigenvalue weighted by molar-refractivity contribution is 6.33. The number of carbonyl (C=O) groups is 1. The van der Waals surface area contributed by atoms with Gasteiger partial charge < -0.3 is 4.90 Å². The van der Waals surface area contributed by atoms with Crippen LogP contribution in [-0.4, -0.2) is 23.8 Å². The first-order valence-corrected chi connectivity index (χ1v) is 6.98. The van der Waals surface area contributed by atoms with Crippen molar-refractivity contribution >= 4 is 28.8 Å². The molecule has 1 aromatic carbocycles. The Morgan fingerprint density at radius 3 is 2.50 bits per heavy atom. The minimum Gasteiger partial charge on any atom is -0.371 e. The zero-order chi connectivity index (χ0) is 14.9. The predicted molar refractivity (Wildman–Crippen MR) is 78.5 cm³/mol. The molecule has 5 nitrogen and oxygen atoms in total. The molecule has 0 amide bonds. The third-order valence-corrected chi connectivity index (χ3v) is 4.18. The topological polar surface area (TPSA) is 63.5 Å². The van der Waals surface area contributed by atoms with Crippen molar-refractivity contribution in [3.63, 3.8) is 0 Å². The van der Waals surface area contributed by atoms with E-state index in [-0.39, 0.29) is 22.4 Å². The summed E-state index contributed by atoms with van der Waals surface area (Å²) in [6, 6.07) is 3.16. The monoisotopic (exact) mass is 296 g/mol. The van der Waals surface area contributed by atoms with Gasteiger partial charge >= 0.3 is 0 Å². The molecule has 0 radical (unpaired) electrons. The quantitative estimate of drug-likeness (QED) is 0.634. The van der Waals surface area contributed by atoms with E-state index in [9.17, 15) is 14.9 Å². The maximum atomic E-state index is 11.4. The Hall–Kier alpha value is -1.62. The van der Waals surface area contributed by atoms with E-state index in [0.717, 1.165) is 37.2 Å². The maximum Gasteiger partial charge on any atom is 0.288 e. The maximum absolute atomic E-state index is 11.4. The number of ketones is 1. The average molecular weight is 297 g/mol. The molecule has 0 unspecified atom stereocenters. The Kier molecular flexibility index (Phi) is 4.28. The fourth-order valence-electron chi connectivity index (χ4n) is 2.66. The predicted octanol–water partition coefficient (Wildman–Crippen LogP) is 3.36. The van der Waals surface area contributed by atoms with E-state index in [1.54, 1.807) is 13.0 Å². The van der Waals surface area contributed by atoms with Crippen LogP contribution in [0.5, 0.6) is 0 Å². The molecule has 0 spiro atoms. The number of nitrogens with zero attached hydrogens (tertiary/aromatic N) is 2. The van der Waals surface area contributed by atoms with Crippen LogP contribution in [0.2, 0.25) is 5.02 Å². The van der Waals surface area contributed by atoms with Crippen molar-refractivity contribution in [2.24, 2.45) is 5.92 Å². The SMILES string of the molecule is CC(=O)C1CCN(c2cc(Cl)c([N+](=O)[O-])cc2C)CC1. The Balaban J connectivity index is 2.20. The lowest BCUT2D eigenvalue weighted by Crippen LogP contribution is -2.36. The van der Waals surface area contributed by atoms with Gasteiger partial charge in [0.2, 0.25) is 0 Å². The zero-order valence-corrected chi connectivity index (χ0v) is 12.3. The molecule has 0 N–H and O–H groups in total. The number of halogens is 1. The first-order chi connectivity index (χ1) is 9.40. The van der Waals surface area contributed by atoms with Crippen LogP contribution in [0.25, 0.3) is 0 Å². The number of rotatable bonds is 3. The van der Waals surface area contributed by atoms with Crippen LogP contribution in [0.3, 0.4) is 0 Å². The average Bonchev–Trinajstić information content (AvgIpc) is 2.40. The normalized spacial score (nSPS) is 16.2. The zero-order valence-electron chi connectivity index (χ0n) is 11.6. The molecule has 20 heavy (non-hydrogen) atoms. The molecule has 2 rings (SSSR count). The molecule has 1 heterocycles. The molecule has 0 aliphatic carbocycles. The van der Waals surface area contributed by atoms with E-state index in [1.165, 1.54) is 6.07 Å². The number of nitro benzene ring substituents is 1. The number of hydrogen-bond acceptors (Lipinski definition) is 4. The van der Waals surface area contributed by atoms with Crippen LogP contribution < -0.4 is 4.90 Å². The first-order valence-electron chi connectivity index (χ1n) is 6.60. The van der Waals surface area contributed by atoms with Crippen molar-refractivity contribution in [1.82, 2.24) is 0 Å². The van der Waals surface area contributed by atoms with E-state index < -0.39 is 4.92 Å². The van der Waals surface area contributed by atoms with Crippen molar-refractivity contribution in [1.29, 1.82) is 0 Å². The number of piperidine rings is 1. The van der Waals surface area contributed by atoms with Crippen molar-refractivity contribution in [3.05, 3.63) is 32.8 Å². The third kappa shape index (κ3) is 2.93. The van der Waals surface area contributed by atoms with Gasteiger partial charge in [0, 0.05) is 30.8 Å². The van der Waals surface area contributed by atoms with Crippen LogP contribution in [0, 0.1) is 23.0 Å². The molecule has 1 saturated heterocycles. The largest absolute Gasteiger partial charge is 0.371 e. The molecule has 1 aliphatic rings. The number of benzene rings is 1.